The molecule has 0 unspecified atom stereocenters. The van der Waals surface area contributed by atoms with Crippen molar-refractivity contribution < 1.29 is 9.90 Å². The molecule has 0 aliphatic rings. The Kier molecular flexibility index (Phi) is 3.91. The minimum atomic E-state index is -0.736. The second-order valence-corrected chi connectivity index (χ2v) is 5.23. The van der Waals surface area contributed by atoms with Gasteiger partial charge in [0.1, 0.15) is 0 Å². The number of carboxylic acid groups (broad SMARTS) is 1. The average molecular weight is 271 g/mol. The van der Waals surface area contributed by atoms with Gasteiger partial charge in [0.2, 0.25) is 0 Å². The van der Waals surface area contributed by atoms with Gasteiger partial charge < -0.3 is 5.11 Å². The Morgan fingerprint density at radius 3 is 2.33 bits per heavy atom. The van der Waals surface area contributed by atoms with Gasteiger partial charge >= 0.3 is 5.97 Å². The molecule has 0 aliphatic heterocycles. The zero-order valence-corrected chi connectivity index (χ0v) is 10.5. The normalized spacial score (nSPS) is 11.4. The molecule has 0 bridgehead atoms. The van der Waals surface area contributed by atoms with Crippen LogP contribution in [0.25, 0.3) is 0 Å². The van der Waals surface area contributed by atoms with Crippen LogP contribution >= 0.6 is 15.9 Å². The molecule has 0 aliphatic carbocycles. The molecule has 0 spiro atoms. The van der Waals surface area contributed by atoms with Crippen LogP contribution < -0.4 is 0 Å². The fourth-order valence-electron chi connectivity index (χ4n) is 1.21. The molecule has 0 heterocycles. The van der Waals surface area contributed by atoms with E-state index in [1.165, 1.54) is 5.56 Å². The third kappa shape index (κ3) is 3.67. The van der Waals surface area contributed by atoms with Gasteiger partial charge in [-0.15, -0.1) is 0 Å². The Hall–Kier alpha value is -0.830. The predicted molar refractivity (Wildman–Crippen MR) is 63.9 cm³/mol. The van der Waals surface area contributed by atoms with Crippen LogP contribution in [0, 0.1) is 5.41 Å². The summed E-state index contributed by atoms with van der Waals surface area (Å²) >= 11 is 3.37. The molecule has 0 radical (unpaired) electrons. The van der Waals surface area contributed by atoms with Crippen LogP contribution in [0.2, 0.25) is 0 Å². The molecule has 1 aromatic rings. The van der Waals surface area contributed by atoms with Gasteiger partial charge in [-0.2, -0.15) is 0 Å². The maximum Gasteiger partial charge on any atom is 0.309 e. The van der Waals surface area contributed by atoms with Crippen LogP contribution in [0.5, 0.6) is 0 Å². The molecule has 0 amide bonds. The number of hydrogen-bond acceptors (Lipinski definition) is 1. The Morgan fingerprint density at radius 2 is 1.87 bits per heavy atom. The molecule has 0 saturated carbocycles. The fourth-order valence-corrected chi connectivity index (χ4v) is 1.48. The third-order valence-corrected chi connectivity index (χ3v) is 3.06. The molecule has 0 aromatic heterocycles. The van der Waals surface area contributed by atoms with Crippen molar-refractivity contribution in [1.29, 1.82) is 0 Å². The number of carboxylic acids is 1. The molecule has 1 rings (SSSR count). The zero-order valence-electron chi connectivity index (χ0n) is 8.96. The van der Waals surface area contributed by atoms with E-state index in [0.29, 0.717) is 6.42 Å². The minimum Gasteiger partial charge on any atom is -0.481 e. The topological polar surface area (TPSA) is 37.3 Å². The van der Waals surface area contributed by atoms with E-state index >= 15 is 0 Å². The van der Waals surface area contributed by atoms with Gasteiger partial charge in [-0.3, -0.25) is 4.79 Å². The van der Waals surface area contributed by atoms with Gasteiger partial charge in [0.15, 0.2) is 0 Å². The second-order valence-electron chi connectivity index (χ2n) is 4.32. The third-order valence-electron chi connectivity index (χ3n) is 2.53. The second kappa shape index (κ2) is 4.79. The van der Waals surface area contributed by atoms with Crippen molar-refractivity contribution in [3.05, 3.63) is 34.3 Å². The number of aliphatic carboxylic acids is 1. The maximum atomic E-state index is 10.9. The van der Waals surface area contributed by atoms with Crippen LogP contribution in [0.15, 0.2) is 28.7 Å². The monoisotopic (exact) mass is 270 g/mol. The lowest BCUT2D eigenvalue weighted by atomic mass is 9.86. The quantitative estimate of drug-likeness (QED) is 0.910. The van der Waals surface area contributed by atoms with Gasteiger partial charge in [0.25, 0.3) is 0 Å². The lowest BCUT2D eigenvalue weighted by molar-refractivity contribution is -0.147. The average Bonchev–Trinajstić information content (AvgIpc) is 2.17. The van der Waals surface area contributed by atoms with E-state index < -0.39 is 11.4 Å². The van der Waals surface area contributed by atoms with E-state index in [2.05, 4.69) is 15.9 Å². The van der Waals surface area contributed by atoms with Crippen molar-refractivity contribution in [2.75, 3.05) is 0 Å². The highest BCUT2D eigenvalue weighted by molar-refractivity contribution is 9.10. The summed E-state index contributed by atoms with van der Waals surface area (Å²) in [5, 5.41) is 8.96. The van der Waals surface area contributed by atoms with Crippen molar-refractivity contribution in [1.82, 2.24) is 0 Å². The van der Waals surface area contributed by atoms with Gasteiger partial charge in [-0.1, -0.05) is 28.1 Å². The first-order chi connectivity index (χ1) is 6.92. The minimum absolute atomic E-state index is 0.646. The van der Waals surface area contributed by atoms with Crippen molar-refractivity contribution in [3.8, 4) is 0 Å². The van der Waals surface area contributed by atoms with Gasteiger partial charge in [0, 0.05) is 4.47 Å². The first-order valence-corrected chi connectivity index (χ1v) is 5.69. The Morgan fingerprint density at radius 1 is 1.33 bits per heavy atom. The van der Waals surface area contributed by atoms with Crippen molar-refractivity contribution in [2.45, 2.75) is 26.7 Å². The van der Waals surface area contributed by atoms with Gasteiger partial charge in [0.05, 0.1) is 5.41 Å². The zero-order chi connectivity index (χ0) is 11.5. The van der Waals surface area contributed by atoms with Crippen LogP contribution in [-0.2, 0) is 11.2 Å². The molecular weight excluding hydrogens is 256 g/mol. The molecular formula is C12H15BrO2. The number of hydrogen-bond donors (Lipinski definition) is 1. The lowest BCUT2D eigenvalue weighted by Gasteiger charge is -2.18. The predicted octanol–water partition coefficient (Wildman–Crippen LogP) is 3.49. The Bertz CT molecular complexity index is 341. The van der Waals surface area contributed by atoms with Crippen molar-refractivity contribution in [2.24, 2.45) is 5.41 Å². The number of aryl methyl sites for hydroxylation is 1. The standard InChI is InChI=1S/C12H15BrO2/c1-12(2,11(14)15)8-7-9-3-5-10(13)6-4-9/h3-6H,7-8H2,1-2H3,(H,14,15). The number of rotatable bonds is 4. The summed E-state index contributed by atoms with van der Waals surface area (Å²) in [4.78, 5) is 10.9. The summed E-state index contributed by atoms with van der Waals surface area (Å²) in [5.74, 6) is -0.736. The van der Waals surface area contributed by atoms with Crippen LogP contribution in [0.3, 0.4) is 0 Å². The summed E-state index contributed by atoms with van der Waals surface area (Å²) in [6.45, 7) is 3.52. The molecule has 0 saturated heterocycles. The fraction of sp³-hybridized carbons (Fsp3) is 0.417. The van der Waals surface area contributed by atoms with E-state index in [4.69, 9.17) is 5.11 Å². The Labute approximate surface area is 98.4 Å². The smallest absolute Gasteiger partial charge is 0.309 e. The van der Waals surface area contributed by atoms with Gasteiger partial charge in [-0.25, -0.2) is 0 Å². The molecule has 82 valence electrons. The first-order valence-electron chi connectivity index (χ1n) is 4.90. The summed E-state index contributed by atoms with van der Waals surface area (Å²) < 4.78 is 1.05. The molecule has 0 atom stereocenters. The van der Waals surface area contributed by atoms with Crippen LogP contribution in [0.1, 0.15) is 25.8 Å². The van der Waals surface area contributed by atoms with E-state index in [1.807, 2.05) is 24.3 Å². The largest absolute Gasteiger partial charge is 0.481 e. The van der Waals surface area contributed by atoms with Crippen LogP contribution in [0.4, 0.5) is 0 Å². The summed E-state index contributed by atoms with van der Waals surface area (Å²) in [6.07, 6.45) is 1.45. The summed E-state index contributed by atoms with van der Waals surface area (Å²) in [7, 11) is 0. The highest BCUT2D eigenvalue weighted by atomic mass is 79.9. The van der Waals surface area contributed by atoms with Crippen molar-refractivity contribution >= 4 is 21.9 Å². The molecule has 3 heteroatoms. The summed E-state index contributed by atoms with van der Waals surface area (Å²) in [5.41, 5.74) is 0.528. The molecule has 1 aromatic carbocycles. The van der Waals surface area contributed by atoms with E-state index in [-0.39, 0.29) is 0 Å². The maximum absolute atomic E-state index is 10.9. The van der Waals surface area contributed by atoms with E-state index in [0.717, 1.165) is 10.9 Å². The van der Waals surface area contributed by atoms with Gasteiger partial charge in [-0.05, 0) is 44.4 Å². The highest BCUT2D eigenvalue weighted by Crippen LogP contribution is 2.23. The Balaban J connectivity index is 2.57. The first kappa shape index (κ1) is 12.2. The van der Waals surface area contributed by atoms with E-state index in [9.17, 15) is 4.79 Å². The number of carbonyl (C=O) groups is 1. The van der Waals surface area contributed by atoms with Crippen LogP contribution in [-0.4, -0.2) is 11.1 Å². The molecule has 0 fully saturated rings. The number of halogens is 1. The molecule has 15 heavy (non-hydrogen) atoms. The highest BCUT2D eigenvalue weighted by Gasteiger charge is 2.26. The summed E-state index contributed by atoms with van der Waals surface area (Å²) in [6, 6.07) is 7.98. The molecule has 2 nitrogen and oxygen atoms in total. The van der Waals surface area contributed by atoms with E-state index in [1.54, 1.807) is 13.8 Å². The SMILES string of the molecule is CC(C)(CCc1ccc(Br)cc1)C(=O)O. The van der Waals surface area contributed by atoms with Crippen molar-refractivity contribution in [3.63, 3.8) is 0 Å². The molecule has 1 N–H and O–H groups in total. The number of benzene rings is 1. The lowest BCUT2D eigenvalue weighted by Crippen LogP contribution is -2.24.